The third kappa shape index (κ3) is 4.09. The van der Waals surface area contributed by atoms with E-state index in [9.17, 15) is 22.4 Å². The first-order valence-electron chi connectivity index (χ1n) is 6.66. The normalized spacial score (nSPS) is 19.2. The first-order valence-corrected chi connectivity index (χ1v) is 6.66. The lowest BCUT2D eigenvalue weighted by atomic mass is 10.1. The Kier molecular flexibility index (Phi) is 4.39. The van der Waals surface area contributed by atoms with Crippen LogP contribution in [0.15, 0.2) is 18.2 Å². The molecule has 21 heavy (non-hydrogen) atoms. The molecule has 3 nitrogen and oxygen atoms in total. The quantitative estimate of drug-likeness (QED) is 0.834. The summed E-state index contributed by atoms with van der Waals surface area (Å²) in [6.45, 7) is 1.50. The zero-order chi connectivity index (χ0) is 15.6. The zero-order valence-electron chi connectivity index (χ0n) is 11.5. The Hall–Kier alpha value is -1.79. The van der Waals surface area contributed by atoms with Gasteiger partial charge in [0, 0.05) is 32.0 Å². The van der Waals surface area contributed by atoms with E-state index in [0.717, 1.165) is 18.2 Å². The number of carbonyl (C=O) groups is 1. The predicted octanol–water partition coefficient (Wildman–Crippen LogP) is 3.47. The fourth-order valence-corrected chi connectivity index (χ4v) is 2.22. The van der Waals surface area contributed by atoms with Gasteiger partial charge in [0.15, 0.2) is 0 Å². The van der Waals surface area contributed by atoms with Crippen LogP contribution in [0.4, 0.5) is 22.4 Å². The van der Waals surface area contributed by atoms with E-state index in [1.165, 1.54) is 4.90 Å². The van der Waals surface area contributed by atoms with Crippen LogP contribution >= 0.6 is 0 Å². The molecule has 1 heterocycles. The Morgan fingerprint density at radius 2 is 1.71 bits per heavy atom. The number of urea groups is 1. The Labute approximate surface area is 119 Å². The van der Waals surface area contributed by atoms with Crippen LogP contribution in [0.3, 0.4) is 0 Å². The number of amides is 2. The number of halogens is 4. The second kappa shape index (κ2) is 5.91. The second-order valence-electron chi connectivity index (χ2n) is 5.22. The number of piperidine rings is 1. The maximum atomic E-state index is 13.1. The number of rotatable bonds is 2. The van der Waals surface area contributed by atoms with Gasteiger partial charge in [0.25, 0.3) is 5.92 Å². The second-order valence-corrected chi connectivity index (χ2v) is 5.22. The summed E-state index contributed by atoms with van der Waals surface area (Å²) in [6.07, 6.45) is -0.743. The summed E-state index contributed by atoms with van der Waals surface area (Å²) in [7, 11) is 0. The average molecular weight is 304 g/mol. The number of hydrogen-bond donors (Lipinski definition) is 1. The van der Waals surface area contributed by atoms with Crippen molar-refractivity contribution in [2.75, 3.05) is 13.1 Å². The van der Waals surface area contributed by atoms with Crippen molar-refractivity contribution in [2.24, 2.45) is 0 Å². The molecule has 1 aliphatic heterocycles. The van der Waals surface area contributed by atoms with Gasteiger partial charge in [-0.15, -0.1) is 0 Å². The monoisotopic (exact) mass is 304 g/mol. The van der Waals surface area contributed by atoms with E-state index in [1.807, 2.05) is 0 Å². The summed E-state index contributed by atoms with van der Waals surface area (Å²) < 4.78 is 52.3. The molecule has 0 aromatic heterocycles. The van der Waals surface area contributed by atoms with E-state index < -0.39 is 29.6 Å². The molecular formula is C14H16F4N2O. The summed E-state index contributed by atoms with van der Waals surface area (Å²) >= 11 is 0. The number of alkyl halides is 2. The molecule has 1 saturated heterocycles. The highest BCUT2D eigenvalue weighted by atomic mass is 19.3. The molecule has 1 aliphatic rings. The van der Waals surface area contributed by atoms with Gasteiger partial charge in [0.1, 0.15) is 11.6 Å². The van der Waals surface area contributed by atoms with Crippen molar-refractivity contribution < 1.29 is 22.4 Å². The molecule has 0 saturated carbocycles. The molecule has 1 unspecified atom stereocenters. The largest absolute Gasteiger partial charge is 0.331 e. The Balaban J connectivity index is 1.96. The maximum Gasteiger partial charge on any atom is 0.317 e. The summed E-state index contributed by atoms with van der Waals surface area (Å²) in [6, 6.07) is 1.86. The lowest BCUT2D eigenvalue weighted by Gasteiger charge is -2.32. The van der Waals surface area contributed by atoms with Crippen LogP contribution in [0.5, 0.6) is 0 Å². The highest BCUT2D eigenvalue weighted by Crippen LogP contribution is 2.27. The summed E-state index contributed by atoms with van der Waals surface area (Å²) in [5, 5.41) is 2.56. The van der Waals surface area contributed by atoms with Crippen LogP contribution < -0.4 is 5.32 Å². The molecule has 1 atom stereocenters. The molecule has 7 heteroatoms. The summed E-state index contributed by atoms with van der Waals surface area (Å²) in [5.41, 5.74) is 0.281. The highest BCUT2D eigenvalue weighted by Gasteiger charge is 2.35. The lowest BCUT2D eigenvalue weighted by molar-refractivity contribution is -0.0470. The topological polar surface area (TPSA) is 32.3 Å². The van der Waals surface area contributed by atoms with Crippen molar-refractivity contribution >= 4 is 6.03 Å². The van der Waals surface area contributed by atoms with E-state index in [2.05, 4.69) is 5.32 Å². The third-order valence-corrected chi connectivity index (χ3v) is 3.51. The van der Waals surface area contributed by atoms with E-state index in [0.29, 0.717) is 0 Å². The smallest absolute Gasteiger partial charge is 0.317 e. The number of hydrogen-bond acceptors (Lipinski definition) is 1. The first kappa shape index (κ1) is 15.6. The number of nitrogens with zero attached hydrogens (tertiary/aromatic N) is 1. The maximum absolute atomic E-state index is 13.1. The van der Waals surface area contributed by atoms with Gasteiger partial charge in [0.2, 0.25) is 0 Å². The van der Waals surface area contributed by atoms with Gasteiger partial charge in [-0.1, -0.05) is 0 Å². The van der Waals surface area contributed by atoms with Crippen molar-refractivity contribution in [3.05, 3.63) is 35.4 Å². The van der Waals surface area contributed by atoms with Gasteiger partial charge in [0.05, 0.1) is 6.04 Å². The first-order chi connectivity index (χ1) is 9.77. The predicted molar refractivity (Wildman–Crippen MR) is 69.1 cm³/mol. The average Bonchev–Trinajstić information content (AvgIpc) is 2.37. The molecule has 1 aromatic rings. The van der Waals surface area contributed by atoms with Crippen LogP contribution in [0.1, 0.15) is 31.4 Å². The minimum Gasteiger partial charge on any atom is -0.331 e. The van der Waals surface area contributed by atoms with Gasteiger partial charge >= 0.3 is 6.03 Å². The van der Waals surface area contributed by atoms with E-state index in [1.54, 1.807) is 6.92 Å². The summed E-state index contributed by atoms with van der Waals surface area (Å²) in [4.78, 5) is 13.2. The van der Waals surface area contributed by atoms with Crippen LogP contribution in [0.25, 0.3) is 0 Å². The lowest BCUT2D eigenvalue weighted by Crippen LogP contribution is -2.47. The highest BCUT2D eigenvalue weighted by molar-refractivity contribution is 5.74. The standard InChI is InChI=1S/C14H16F4N2O/c1-9(10-6-11(15)8-12(16)7-10)19-13(21)20-4-2-14(17,18)3-5-20/h6-9H,2-5H2,1H3,(H,19,21). The molecule has 0 aliphatic carbocycles. The van der Waals surface area contributed by atoms with Gasteiger partial charge in [-0.25, -0.2) is 22.4 Å². The van der Waals surface area contributed by atoms with Crippen LogP contribution in [-0.4, -0.2) is 29.9 Å². The number of nitrogens with one attached hydrogen (secondary N) is 1. The molecular weight excluding hydrogens is 288 g/mol. The van der Waals surface area contributed by atoms with Crippen LogP contribution in [0.2, 0.25) is 0 Å². The van der Waals surface area contributed by atoms with Crippen molar-refractivity contribution in [1.82, 2.24) is 10.2 Å². The fourth-order valence-electron chi connectivity index (χ4n) is 2.22. The molecule has 2 amide bonds. The molecule has 1 fully saturated rings. The summed E-state index contributed by atoms with van der Waals surface area (Å²) in [5.74, 6) is -4.19. The van der Waals surface area contributed by atoms with Gasteiger partial charge < -0.3 is 10.2 Å². The molecule has 0 radical (unpaired) electrons. The Morgan fingerprint density at radius 1 is 1.19 bits per heavy atom. The van der Waals surface area contributed by atoms with Crippen LogP contribution in [-0.2, 0) is 0 Å². The van der Waals surface area contributed by atoms with E-state index in [4.69, 9.17) is 0 Å². The number of carbonyl (C=O) groups excluding carboxylic acids is 1. The van der Waals surface area contributed by atoms with Gasteiger partial charge in [-0.3, -0.25) is 0 Å². The Bertz CT molecular complexity index is 505. The molecule has 1 N–H and O–H groups in total. The molecule has 1 aromatic carbocycles. The molecule has 2 rings (SSSR count). The molecule has 116 valence electrons. The Morgan fingerprint density at radius 3 is 2.24 bits per heavy atom. The SMILES string of the molecule is CC(NC(=O)N1CCC(F)(F)CC1)c1cc(F)cc(F)c1. The van der Waals surface area contributed by atoms with Gasteiger partial charge in [-0.05, 0) is 24.6 Å². The van der Waals surface area contributed by atoms with Crippen molar-refractivity contribution in [2.45, 2.75) is 31.7 Å². The molecule has 0 spiro atoms. The fraction of sp³-hybridized carbons (Fsp3) is 0.500. The molecule has 0 bridgehead atoms. The van der Waals surface area contributed by atoms with E-state index in [-0.39, 0.29) is 31.5 Å². The van der Waals surface area contributed by atoms with Crippen molar-refractivity contribution in [3.8, 4) is 0 Å². The number of benzene rings is 1. The van der Waals surface area contributed by atoms with E-state index >= 15 is 0 Å². The van der Waals surface area contributed by atoms with Crippen molar-refractivity contribution in [1.29, 1.82) is 0 Å². The minimum absolute atomic E-state index is 0.0386. The van der Waals surface area contributed by atoms with Crippen LogP contribution in [0, 0.1) is 11.6 Å². The minimum atomic E-state index is -2.73. The third-order valence-electron chi connectivity index (χ3n) is 3.51. The number of likely N-dealkylation sites (tertiary alicyclic amines) is 1. The van der Waals surface area contributed by atoms with Gasteiger partial charge in [-0.2, -0.15) is 0 Å². The zero-order valence-corrected chi connectivity index (χ0v) is 11.5. The van der Waals surface area contributed by atoms with Crippen molar-refractivity contribution in [3.63, 3.8) is 0 Å².